The molecule has 7 unspecified atom stereocenters. The number of rotatable bonds is 1. The van der Waals surface area contributed by atoms with Crippen molar-refractivity contribution in [2.24, 2.45) is 17.8 Å². The van der Waals surface area contributed by atoms with Crippen LogP contribution in [0.25, 0.3) is 0 Å². The van der Waals surface area contributed by atoms with E-state index in [-0.39, 0.29) is 17.7 Å². The Balaban J connectivity index is 1.60. The van der Waals surface area contributed by atoms with Crippen molar-refractivity contribution in [1.82, 2.24) is 4.90 Å². The fourth-order valence-electron chi connectivity index (χ4n) is 7.88. The van der Waals surface area contributed by atoms with Gasteiger partial charge in [-0.25, -0.2) is 0 Å². The van der Waals surface area contributed by atoms with E-state index in [1.165, 1.54) is 11.3 Å². The zero-order valence-electron chi connectivity index (χ0n) is 14.3. The Morgan fingerprint density at radius 3 is 2.79 bits per heavy atom. The van der Waals surface area contributed by atoms with Gasteiger partial charge in [0.15, 0.2) is 0 Å². The smallest absolute Gasteiger partial charge is 0.111 e. The Hall–Kier alpha value is -1.10. The lowest BCUT2D eigenvalue weighted by Crippen LogP contribution is -2.72. The van der Waals surface area contributed by atoms with Crippen LogP contribution in [0.15, 0.2) is 24.3 Å². The standard InChI is InChI=1S/C20H26N2O2/c1-3-10-11-8-14-17-20(12-6-4-5-7-13(12)21(17)2)9-15(16(11)18(20)23)22(14)19(10)24/h4-7,10-11,14-19,23-24H,3,8-9H2,1-2H3/t10?,11?,14?,15?,16?,17-,18?,19+,20+/m0/s1. The quantitative estimate of drug-likeness (QED) is 0.822. The van der Waals surface area contributed by atoms with Gasteiger partial charge < -0.3 is 15.1 Å². The number of benzene rings is 1. The Morgan fingerprint density at radius 2 is 2.00 bits per heavy atom. The summed E-state index contributed by atoms with van der Waals surface area (Å²) in [6.45, 7) is 2.19. The highest BCUT2D eigenvalue weighted by Gasteiger charge is 2.76. The van der Waals surface area contributed by atoms with E-state index in [0.717, 1.165) is 19.3 Å². The van der Waals surface area contributed by atoms with Crippen LogP contribution in [-0.2, 0) is 5.41 Å². The third-order valence-corrected chi connectivity index (χ3v) is 8.46. The average molecular weight is 326 g/mol. The Bertz CT molecular complexity index is 723. The number of hydrogen-bond acceptors (Lipinski definition) is 4. The van der Waals surface area contributed by atoms with E-state index >= 15 is 0 Å². The number of anilines is 1. The molecule has 1 aliphatic carbocycles. The molecular weight excluding hydrogens is 300 g/mol. The molecule has 2 N–H and O–H groups in total. The van der Waals surface area contributed by atoms with Crippen molar-refractivity contribution >= 4 is 5.69 Å². The monoisotopic (exact) mass is 326 g/mol. The van der Waals surface area contributed by atoms with Gasteiger partial charge in [-0.05, 0) is 36.8 Å². The first kappa shape index (κ1) is 14.1. The maximum absolute atomic E-state index is 11.6. The molecule has 0 aromatic heterocycles. The molecule has 1 saturated carbocycles. The minimum atomic E-state index is -0.319. The van der Waals surface area contributed by atoms with Crippen LogP contribution in [0.3, 0.4) is 0 Å². The summed E-state index contributed by atoms with van der Waals surface area (Å²) in [5.41, 5.74) is 2.51. The summed E-state index contributed by atoms with van der Waals surface area (Å²) in [7, 11) is 2.19. The Kier molecular flexibility index (Phi) is 2.45. The molecule has 0 radical (unpaired) electrons. The second kappa shape index (κ2) is 4.17. The van der Waals surface area contributed by atoms with Crippen molar-refractivity contribution in [1.29, 1.82) is 0 Å². The molecule has 5 aliphatic heterocycles. The molecule has 128 valence electrons. The molecule has 4 saturated heterocycles. The predicted molar refractivity (Wildman–Crippen MR) is 91.7 cm³/mol. The van der Waals surface area contributed by atoms with Gasteiger partial charge in [0.05, 0.1) is 12.1 Å². The van der Waals surface area contributed by atoms with Gasteiger partial charge in [-0.1, -0.05) is 25.1 Å². The van der Waals surface area contributed by atoms with Crippen LogP contribution in [-0.4, -0.2) is 52.6 Å². The highest BCUT2D eigenvalue weighted by atomic mass is 16.3. The summed E-state index contributed by atoms with van der Waals surface area (Å²) in [6.07, 6.45) is 2.56. The minimum absolute atomic E-state index is 0.126. The highest BCUT2D eigenvalue weighted by molar-refractivity contribution is 5.67. The molecule has 6 aliphatic rings. The van der Waals surface area contributed by atoms with Gasteiger partial charge in [0.1, 0.15) is 6.23 Å². The van der Waals surface area contributed by atoms with Crippen molar-refractivity contribution in [3.05, 3.63) is 29.8 Å². The molecule has 1 aromatic rings. The lowest BCUT2D eigenvalue weighted by atomic mass is 9.62. The summed E-state index contributed by atoms with van der Waals surface area (Å²) < 4.78 is 0. The van der Waals surface area contributed by atoms with Crippen molar-refractivity contribution < 1.29 is 10.2 Å². The van der Waals surface area contributed by atoms with Gasteiger partial charge in [0.25, 0.3) is 0 Å². The number of aliphatic hydroxyl groups is 2. The summed E-state index contributed by atoms with van der Waals surface area (Å²) in [4.78, 5) is 4.83. The molecule has 24 heavy (non-hydrogen) atoms. The minimum Gasteiger partial charge on any atom is -0.392 e. The molecule has 5 fully saturated rings. The lowest BCUT2D eigenvalue weighted by molar-refractivity contribution is -0.211. The molecule has 4 nitrogen and oxygen atoms in total. The topological polar surface area (TPSA) is 46.9 Å². The van der Waals surface area contributed by atoms with Crippen molar-refractivity contribution in [2.75, 3.05) is 11.9 Å². The maximum atomic E-state index is 11.6. The van der Waals surface area contributed by atoms with E-state index in [1.54, 1.807) is 0 Å². The third kappa shape index (κ3) is 1.20. The second-order valence-corrected chi connectivity index (χ2v) is 8.81. The molecule has 4 heteroatoms. The zero-order chi connectivity index (χ0) is 16.4. The normalized spacial score (nSPS) is 55.8. The molecule has 5 bridgehead atoms. The lowest BCUT2D eigenvalue weighted by Gasteiger charge is -2.62. The number of hydrogen-bond donors (Lipinski definition) is 2. The summed E-state index contributed by atoms with van der Waals surface area (Å²) in [5, 5.41) is 22.6. The summed E-state index contributed by atoms with van der Waals surface area (Å²) in [6, 6.07) is 9.70. The third-order valence-electron chi connectivity index (χ3n) is 8.46. The first-order valence-corrected chi connectivity index (χ1v) is 9.57. The van der Waals surface area contributed by atoms with Gasteiger partial charge in [0, 0.05) is 42.1 Å². The van der Waals surface area contributed by atoms with Crippen LogP contribution in [0.1, 0.15) is 31.7 Å². The van der Waals surface area contributed by atoms with Crippen LogP contribution in [0.4, 0.5) is 5.69 Å². The van der Waals surface area contributed by atoms with Crippen molar-refractivity contribution in [2.45, 2.75) is 62.1 Å². The second-order valence-electron chi connectivity index (χ2n) is 8.81. The number of likely N-dealkylation sites (N-methyl/N-ethyl adjacent to an activating group) is 1. The predicted octanol–water partition coefficient (Wildman–Crippen LogP) is 1.55. The summed E-state index contributed by atoms with van der Waals surface area (Å²) in [5.74, 6) is 1.14. The number of aliphatic hydroxyl groups excluding tert-OH is 2. The first-order chi connectivity index (χ1) is 11.6. The molecule has 1 spiro atoms. The van der Waals surface area contributed by atoms with E-state index in [1.807, 2.05) is 0 Å². The Labute approximate surface area is 143 Å². The number of para-hydroxylation sites is 1. The van der Waals surface area contributed by atoms with E-state index < -0.39 is 0 Å². The van der Waals surface area contributed by atoms with Gasteiger partial charge in [-0.2, -0.15) is 0 Å². The van der Waals surface area contributed by atoms with Gasteiger partial charge in [-0.3, -0.25) is 4.90 Å². The van der Waals surface area contributed by atoms with Crippen LogP contribution in [0, 0.1) is 17.8 Å². The van der Waals surface area contributed by atoms with Gasteiger partial charge >= 0.3 is 0 Å². The fourth-order valence-corrected chi connectivity index (χ4v) is 7.88. The van der Waals surface area contributed by atoms with Gasteiger partial charge in [-0.15, -0.1) is 0 Å². The zero-order valence-corrected chi connectivity index (χ0v) is 14.3. The number of piperidine rings is 4. The molecule has 5 heterocycles. The van der Waals surface area contributed by atoms with Crippen LogP contribution in [0.2, 0.25) is 0 Å². The SMILES string of the molecule is CCC1C2CC3[C@@H]4N(C)c5ccccc5[C@]45CC(C2C5O)N3[C@@H]1O. The number of fused-ring (bicyclic) bond motifs is 2. The van der Waals surface area contributed by atoms with E-state index in [9.17, 15) is 10.2 Å². The Morgan fingerprint density at radius 1 is 1.21 bits per heavy atom. The van der Waals surface area contributed by atoms with E-state index in [0.29, 0.717) is 35.9 Å². The molecule has 0 amide bonds. The van der Waals surface area contributed by atoms with Gasteiger partial charge in [0.2, 0.25) is 0 Å². The largest absolute Gasteiger partial charge is 0.392 e. The van der Waals surface area contributed by atoms with Crippen LogP contribution < -0.4 is 4.90 Å². The summed E-state index contributed by atoms with van der Waals surface area (Å²) >= 11 is 0. The fraction of sp³-hybridized carbons (Fsp3) is 0.700. The van der Waals surface area contributed by atoms with Crippen LogP contribution in [0.5, 0.6) is 0 Å². The molecule has 10 atom stereocenters. The first-order valence-electron chi connectivity index (χ1n) is 9.57. The molecule has 1 aromatic carbocycles. The van der Waals surface area contributed by atoms with E-state index in [2.05, 4.69) is 48.0 Å². The molecule has 7 rings (SSSR count). The maximum Gasteiger partial charge on any atom is 0.111 e. The highest BCUT2D eigenvalue weighted by Crippen LogP contribution is 2.68. The van der Waals surface area contributed by atoms with Crippen LogP contribution >= 0.6 is 0 Å². The van der Waals surface area contributed by atoms with Crippen molar-refractivity contribution in [3.63, 3.8) is 0 Å². The van der Waals surface area contributed by atoms with Crippen molar-refractivity contribution in [3.8, 4) is 0 Å². The number of nitrogens with zero attached hydrogens (tertiary/aromatic N) is 2. The molecular formula is C20H26N2O2. The average Bonchev–Trinajstić information content (AvgIpc) is 2.97. The van der Waals surface area contributed by atoms with E-state index in [4.69, 9.17) is 0 Å².